The Balaban J connectivity index is 2.85. The number of carbonyl (C=O) groups is 1. The normalized spacial score (nSPS) is 12.5. The Hall–Kier alpha value is -0.940. The molecular formula is C9H8BrFO3. The zero-order chi connectivity index (χ0) is 10.7. The highest BCUT2D eigenvalue weighted by Crippen LogP contribution is 2.19. The van der Waals surface area contributed by atoms with Crippen molar-refractivity contribution in [2.24, 2.45) is 0 Å². The SMILES string of the molecule is O=C(O)C(O)Cc1cc(F)ccc1Br. The van der Waals surface area contributed by atoms with Gasteiger partial charge in [0.2, 0.25) is 0 Å². The van der Waals surface area contributed by atoms with Crippen LogP contribution >= 0.6 is 15.9 Å². The lowest BCUT2D eigenvalue weighted by Gasteiger charge is -2.07. The molecule has 0 radical (unpaired) electrons. The number of halogens is 2. The second kappa shape index (κ2) is 4.52. The quantitative estimate of drug-likeness (QED) is 0.870. The molecule has 76 valence electrons. The first kappa shape index (κ1) is 11.1. The van der Waals surface area contributed by atoms with Crippen LogP contribution in [0.1, 0.15) is 5.56 Å². The highest BCUT2D eigenvalue weighted by molar-refractivity contribution is 9.10. The van der Waals surface area contributed by atoms with Crippen molar-refractivity contribution in [3.63, 3.8) is 0 Å². The highest BCUT2D eigenvalue weighted by Gasteiger charge is 2.15. The molecule has 0 aliphatic heterocycles. The molecular weight excluding hydrogens is 255 g/mol. The van der Waals surface area contributed by atoms with Crippen molar-refractivity contribution in [1.82, 2.24) is 0 Å². The van der Waals surface area contributed by atoms with E-state index in [-0.39, 0.29) is 6.42 Å². The molecule has 0 aromatic heterocycles. The van der Waals surface area contributed by atoms with Gasteiger partial charge in [-0.25, -0.2) is 9.18 Å². The molecule has 3 nitrogen and oxygen atoms in total. The van der Waals surface area contributed by atoms with Crippen molar-refractivity contribution in [3.8, 4) is 0 Å². The maximum Gasteiger partial charge on any atom is 0.332 e. The van der Waals surface area contributed by atoms with Gasteiger partial charge >= 0.3 is 5.97 Å². The van der Waals surface area contributed by atoms with E-state index < -0.39 is 17.9 Å². The molecule has 0 aliphatic rings. The molecule has 1 aromatic carbocycles. The second-order valence-corrected chi connectivity index (χ2v) is 3.65. The summed E-state index contributed by atoms with van der Waals surface area (Å²) in [5, 5.41) is 17.5. The lowest BCUT2D eigenvalue weighted by atomic mass is 10.1. The Morgan fingerprint density at radius 3 is 2.79 bits per heavy atom. The fraction of sp³-hybridized carbons (Fsp3) is 0.222. The molecule has 1 unspecified atom stereocenters. The zero-order valence-corrected chi connectivity index (χ0v) is 8.66. The number of aliphatic hydroxyl groups excluding tert-OH is 1. The number of hydrogen-bond acceptors (Lipinski definition) is 2. The van der Waals surface area contributed by atoms with Gasteiger partial charge in [0.1, 0.15) is 5.82 Å². The molecule has 0 fully saturated rings. The van der Waals surface area contributed by atoms with Crippen LogP contribution in [0.15, 0.2) is 22.7 Å². The number of hydrogen-bond donors (Lipinski definition) is 2. The predicted octanol–water partition coefficient (Wildman–Crippen LogP) is 1.58. The van der Waals surface area contributed by atoms with Crippen LogP contribution in [0.4, 0.5) is 4.39 Å². The number of carboxylic acid groups (broad SMARTS) is 1. The van der Waals surface area contributed by atoms with Crippen LogP contribution in [-0.4, -0.2) is 22.3 Å². The molecule has 0 saturated carbocycles. The van der Waals surface area contributed by atoms with E-state index in [2.05, 4.69) is 15.9 Å². The Kier molecular flexibility index (Phi) is 3.60. The van der Waals surface area contributed by atoms with Crippen molar-refractivity contribution in [2.75, 3.05) is 0 Å². The average molecular weight is 263 g/mol. The van der Waals surface area contributed by atoms with E-state index in [1.807, 2.05) is 0 Å². The largest absolute Gasteiger partial charge is 0.479 e. The Bertz CT molecular complexity index is 354. The van der Waals surface area contributed by atoms with Gasteiger partial charge in [0.05, 0.1) is 0 Å². The molecule has 2 N–H and O–H groups in total. The fourth-order valence-electron chi connectivity index (χ4n) is 0.995. The first-order chi connectivity index (χ1) is 6.50. The Labute approximate surface area is 88.3 Å². The first-order valence-electron chi connectivity index (χ1n) is 3.85. The third kappa shape index (κ3) is 2.78. The third-order valence-electron chi connectivity index (χ3n) is 1.71. The van der Waals surface area contributed by atoms with E-state index in [0.717, 1.165) is 0 Å². The highest BCUT2D eigenvalue weighted by atomic mass is 79.9. The summed E-state index contributed by atoms with van der Waals surface area (Å²) in [7, 11) is 0. The summed E-state index contributed by atoms with van der Waals surface area (Å²) in [5.74, 6) is -1.78. The lowest BCUT2D eigenvalue weighted by Crippen LogP contribution is -2.22. The second-order valence-electron chi connectivity index (χ2n) is 2.79. The molecule has 5 heteroatoms. The van der Waals surface area contributed by atoms with Crippen LogP contribution in [0, 0.1) is 5.82 Å². The van der Waals surface area contributed by atoms with Gasteiger partial charge in [-0.1, -0.05) is 15.9 Å². The van der Waals surface area contributed by atoms with Crippen molar-refractivity contribution in [2.45, 2.75) is 12.5 Å². The van der Waals surface area contributed by atoms with Crippen LogP contribution in [0.3, 0.4) is 0 Å². The van der Waals surface area contributed by atoms with Gasteiger partial charge in [0, 0.05) is 10.9 Å². The molecule has 0 saturated heterocycles. The summed E-state index contributed by atoms with van der Waals surface area (Å²) < 4.78 is 13.3. The minimum atomic E-state index is -1.51. The van der Waals surface area contributed by atoms with Crippen LogP contribution in [-0.2, 0) is 11.2 Å². The number of carboxylic acids is 1. The Morgan fingerprint density at radius 2 is 2.21 bits per heavy atom. The number of aliphatic hydroxyl groups is 1. The molecule has 1 aromatic rings. The molecule has 1 atom stereocenters. The van der Waals surface area contributed by atoms with E-state index in [1.54, 1.807) is 0 Å². The molecule has 0 heterocycles. The summed E-state index contributed by atoms with van der Waals surface area (Å²) in [5.41, 5.74) is 0.430. The minimum absolute atomic E-state index is 0.117. The van der Waals surface area contributed by atoms with E-state index in [1.165, 1.54) is 18.2 Å². The van der Waals surface area contributed by atoms with Gasteiger partial charge in [-0.3, -0.25) is 0 Å². The van der Waals surface area contributed by atoms with E-state index in [4.69, 9.17) is 10.2 Å². The molecule has 0 aliphatic carbocycles. The van der Waals surface area contributed by atoms with E-state index >= 15 is 0 Å². The van der Waals surface area contributed by atoms with Gasteiger partial charge < -0.3 is 10.2 Å². The van der Waals surface area contributed by atoms with Gasteiger partial charge in [-0.2, -0.15) is 0 Å². The smallest absolute Gasteiger partial charge is 0.332 e. The topological polar surface area (TPSA) is 57.5 Å². The van der Waals surface area contributed by atoms with E-state index in [9.17, 15) is 9.18 Å². The molecule has 0 amide bonds. The van der Waals surface area contributed by atoms with Crippen molar-refractivity contribution >= 4 is 21.9 Å². The van der Waals surface area contributed by atoms with Crippen molar-refractivity contribution in [1.29, 1.82) is 0 Å². The number of benzene rings is 1. The van der Waals surface area contributed by atoms with E-state index in [0.29, 0.717) is 10.0 Å². The van der Waals surface area contributed by atoms with Crippen LogP contribution in [0.5, 0.6) is 0 Å². The summed E-state index contributed by atoms with van der Waals surface area (Å²) in [6.07, 6.45) is -1.62. The summed E-state index contributed by atoms with van der Waals surface area (Å²) in [6, 6.07) is 3.91. The van der Waals surface area contributed by atoms with Gasteiger partial charge in [-0.05, 0) is 23.8 Å². The minimum Gasteiger partial charge on any atom is -0.479 e. The van der Waals surface area contributed by atoms with Crippen LogP contribution in [0.25, 0.3) is 0 Å². The maximum atomic E-state index is 12.7. The molecule has 0 spiro atoms. The van der Waals surface area contributed by atoms with Crippen LogP contribution in [0.2, 0.25) is 0 Å². The number of rotatable bonds is 3. The molecule has 0 bridgehead atoms. The summed E-state index contributed by atoms with van der Waals surface area (Å²) in [6.45, 7) is 0. The zero-order valence-electron chi connectivity index (χ0n) is 7.08. The Morgan fingerprint density at radius 1 is 1.57 bits per heavy atom. The van der Waals surface area contributed by atoms with Crippen LogP contribution < -0.4 is 0 Å². The van der Waals surface area contributed by atoms with Crippen molar-refractivity contribution in [3.05, 3.63) is 34.1 Å². The van der Waals surface area contributed by atoms with Gasteiger partial charge in [-0.15, -0.1) is 0 Å². The molecule has 14 heavy (non-hydrogen) atoms. The van der Waals surface area contributed by atoms with Crippen molar-refractivity contribution < 1.29 is 19.4 Å². The summed E-state index contributed by atoms with van der Waals surface area (Å²) in [4.78, 5) is 10.3. The van der Waals surface area contributed by atoms with Gasteiger partial charge in [0.15, 0.2) is 6.10 Å². The predicted molar refractivity (Wildman–Crippen MR) is 51.4 cm³/mol. The first-order valence-corrected chi connectivity index (χ1v) is 4.65. The standard InChI is InChI=1S/C9H8BrFO3/c10-7-2-1-6(11)3-5(7)4-8(12)9(13)14/h1-3,8,12H,4H2,(H,13,14). The third-order valence-corrected chi connectivity index (χ3v) is 2.48. The van der Waals surface area contributed by atoms with Gasteiger partial charge in [0.25, 0.3) is 0 Å². The molecule has 1 rings (SSSR count). The maximum absolute atomic E-state index is 12.7. The monoisotopic (exact) mass is 262 g/mol. The number of aliphatic carboxylic acids is 1. The summed E-state index contributed by atoms with van der Waals surface area (Å²) >= 11 is 3.14. The lowest BCUT2D eigenvalue weighted by molar-refractivity contribution is -0.146. The fourth-order valence-corrected chi connectivity index (χ4v) is 1.40. The average Bonchev–Trinajstić information content (AvgIpc) is 2.11.